The lowest BCUT2D eigenvalue weighted by molar-refractivity contribution is 0.100. The highest BCUT2D eigenvalue weighted by Gasteiger charge is 2.14. The highest BCUT2D eigenvalue weighted by Crippen LogP contribution is 2.35. The van der Waals surface area contributed by atoms with Gasteiger partial charge in [0.1, 0.15) is 5.82 Å². The van der Waals surface area contributed by atoms with Crippen molar-refractivity contribution in [2.75, 3.05) is 17.8 Å². The van der Waals surface area contributed by atoms with Gasteiger partial charge in [-0.15, -0.1) is 0 Å². The second-order valence-corrected chi connectivity index (χ2v) is 4.21. The van der Waals surface area contributed by atoms with Crippen LogP contribution in [-0.2, 0) is 0 Å². The van der Waals surface area contributed by atoms with Crippen molar-refractivity contribution >= 4 is 23.1 Å². The maximum absolute atomic E-state index is 11.2. The molecule has 0 bridgehead atoms. The van der Waals surface area contributed by atoms with Gasteiger partial charge in [0.05, 0.1) is 17.4 Å². The van der Waals surface area contributed by atoms with Gasteiger partial charge < -0.3 is 26.3 Å². The molecule has 0 atom stereocenters. The Hall–Kier alpha value is -2.96. The van der Waals surface area contributed by atoms with E-state index in [1.165, 1.54) is 12.3 Å². The van der Waals surface area contributed by atoms with E-state index in [9.17, 15) is 4.79 Å². The predicted octanol–water partition coefficient (Wildman–Crippen LogP) is 1.23. The summed E-state index contributed by atoms with van der Waals surface area (Å²) in [5, 5.41) is 3.05. The Labute approximate surface area is 114 Å². The predicted molar refractivity (Wildman–Crippen MR) is 73.0 cm³/mol. The van der Waals surface area contributed by atoms with Crippen LogP contribution in [0.25, 0.3) is 0 Å². The first-order valence-corrected chi connectivity index (χ1v) is 5.85. The first-order valence-electron chi connectivity index (χ1n) is 5.85. The molecule has 0 saturated heterocycles. The Morgan fingerprint density at radius 2 is 2.05 bits per heavy atom. The minimum Gasteiger partial charge on any atom is -0.454 e. The van der Waals surface area contributed by atoms with Gasteiger partial charge in [0.25, 0.3) is 5.91 Å². The average Bonchev–Trinajstić information content (AvgIpc) is 2.88. The third-order valence-corrected chi connectivity index (χ3v) is 2.85. The molecule has 1 aliphatic heterocycles. The quantitative estimate of drug-likeness (QED) is 0.774. The number of pyridine rings is 1. The van der Waals surface area contributed by atoms with Crippen LogP contribution >= 0.6 is 0 Å². The summed E-state index contributed by atoms with van der Waals surface area (Å²) in [7, 11) is 0. The van der Waals surface area contributed by atoms with Crippen molar-refractivity contribution in [2.24, 2.45) is 5.73 Å². The van der Waals surface area contributed by atoms with Gasteiger partial charge in [-0.2, -0.15) is 0 Å². The van der Waals surface area contributed by atoms with Crippen LogP contribution in [0.4, 0.5) is 17.2 Å². The lowest BCUT2D eigenvalue weighted by Crippen LogP contribution is -2.14. The summed E-state index contributed by atoms with van der Waals surface area (Å²) < 4.78 is 10.5. The second kappa shape index (κ2) is 4.61. The molecule has 102 valence electrons. The number of fused-ring (bicyclic) bond motifs is 1. The number of hydrogen-bond acceptors (Lipinski definition) is 6. The number of nitrogens with two attached hydrogens (primary N) is 2. The summed E-state index contributed by atoms with van der Waals surface area (Å²) in [6.45, 7) is 0.213. The monoisotopic (exact) mass is 272 g/mol. The molecule has 20 heavy (non-hydrogen) atoms. The molecule has 0 aliphatic carbocycles. The number of carbonyl (C=O) groups is 1. The van der Waals surface area contributed by atoms with E-state index in [-0.39, 0.29) is 18.0 Å². The Morgan fingerprint density at radius 3 is 2.85 bits per heavy atom. The largest absolute Gasteiger partial charge is 0.454 e. The molecular weight excluding hydrogens is 260 g/mol. The highest BCUT2D eigenvalue weighted by molar-refractivity contribution is 5.98. The smallest absolute Gasteiger partial charge is 0.250 e. The number of rotatable bonds is 3. The first-order chi connectivity index (χ1) is 9.63. The minimum absolute atomic E-state index is 0.213. The first kappa shape index (κ1) is 12.1. The molecule has 1 aromatic carbocycles. The van der Waals surface area contributed by atoms with Crippen LogP contribution in [0.3, 0.4) is 0 Å². The van der Waals surface area contributed by atoms with E-state index in [0.717, 1.165) is 5.69 Å². The normalized spacial score (nSPS) is 12.2. The maximum Gasteiger partial charge on any atom is 0.250 e. The molecule has 2 aromatic rings. The molecule has 3 rings (SSSR count). The van der Waals surface area contributed by atoms with E-state index >= 15 is 0 Å². The minimum atomic E-state index is -0.598. The summed E-state index contributed by atoms with van der Waals surface area (Å²) in [5.41, 5.74) is 12.1. The third-order valence-electron chi connectivity index (χ3n) is 2.85. The van der Waals surface area contributed by atoms with Crippen molar-refractivity contribution in [3.05, 3.63) is 36.0 Å². The second-order valence-electron chi connectivity index (χ2n) is 4.21. The molecule has 0 unspecified atom stereocenters. The van der Waals surface area contributed by atoms with Crippen molar-refractivity contribution in [1.82, 2.24) is 4.98 Å². The number of aromatic nitrogens is 1. The van der Waals surface area contributed by atoms with Gasteiger partial charge in [0, 0.05) is 11.8 Å². The number of nitrogen functional groups attached to an aromatic ring is 1. The van der Waals surface area contributed by atoms with Crippen molar-refractivity contribution < 1.29 is 14.3 Å². The number of carbonyl (C=O) groups excluding carboxylic acids is 1. The zero-order valence-electron chi connectivity index (χ0n) is 10.4. The molecule has 7 heteroatoms. The van der Waals surface area contributed by atoms with E-state index in [0.29, 0.717) is 17.3 Å². The van der Waals surface area contributed by atoms with Crippen molar-refractivity contribution in [1.29, 1.82) is 0 Å². The van der Waals surface area contributed by atoms with Gasteiger partial charge >= 0.3 is 0 Å². The lowest BCUT2D eigenvalue weighted by Gasteiger charge is -2.08. The van der Waals surface area contributed by atoms with Gasteiger partial charge in [-0.25, -0.2) is 4.98 Å². The Morgan fingerprint density at radius 1 is 1.25 bits per heavy atom. The number of hydrogen-bond donors (Lipinski definition) is 3. The standard InChI is InChI=1S/C13H12N4O3/c14-9-5-16-12(4-8(9)13(15)18)17-7-1-2-10-11(3-7)20-6-19-10/h1-5H,6,14H2,(H2,15,18)(H,16,17). The van der Waals surface area contributed by atoms with Crippen molar-refractivity contribution in [3.63, 3.8) is 0 Å². The van der Waals surface area contributed by atoms with Crippen LogP contribution in [0.15, 0.2) is 30.5 Å². The van der Waals surface area contributed by atoms with Crippen LogP contribution in [0.2, 0.25) is 0 Å². The number of nitrogens with one attached hydrogen (secondary N) is 1. The molecule has 0 radical (unpaired) electrons. The summed E-state index contributed by atoms with van der Waals surface area (Å²) in [4.78, 5) is 15.3. The van der Waals surface area contributed by atoms with Crippen LogP contribution in [0, 0.1) is 0 Å². The van der Waals surface area contributed by atoms with Gasteiger partial charge in [0.15, 0.2) is 11.5 Å². The van der Waals surface area contributed by atoms with Crippen molar-refractivity contribution in [2.45, 2.75) is 0 Å². The molecule has 5 N–H and O–H groups in total. The number of amides is 1. The zero-order chi connectivity index (χ0) is 14.1. The zero-order valence-corrected chi connectivity index (χ0v) is 10.4. The van der Waals surface area contributed by atoms with Crippen LogP contribution in [0.5, 0.6) is 11.5 Å². The number of primary amides is 1. The molecule has 1 aliphatic rings. The summed E-state index contributed by atoms with van der Waals surface area (Å²) in [6, 6.07) is 6.89. The van der Waals surface area contributed by atoms with Crippen LogP contribution < -0.4 is 26.3 Å². The number of nitrogens with zero attached hydrogens (tertiary/aromatic N) is 1. The molecule has 0 saturated carbocycles. The Kier molecular flexibility index (Phi) is 2.79. The average molecular weight is 272 g/mol. The molecule has 2 heterocycles. The van der Waals surface area contributed by atoms with E-state index < -0.39 is 5.91 Å². The fourth-order valence-electron chi connectivity index (χ4n) is 1.87. The topological polar surface area (TPSA) is 112 Å². The summed E-state index contributed by atoms with van der Waals surface area (Å²) in [6.07, 6.45) is 1.38. The Balaban J connectivity index is 1.88. The van der Waals surface area contributed by atoms with E-state index in [4.69, 9.17) is 20.9 Å². The van der Waals surface area contributed by atoms with E-state index in [1.54, 1.807) is 12.1 Å². The Bertz CT molecular complexity index is 687. The molecule has 0 fully saturated rings. The molecule has 1 aromatic heterocycles. The maximum atomic E-state index is 11.2. The molecule has 0 spiro atoms. The molecule has 1 amide bonds. The summed E-state index contributed by atoms with van der Waals surface area (Å²) in [5.74, 6) is 1.21. The van der Waals surface area contributed by atoms with Crippen molar-refractivity contribution in [3.8, 4) is 11.5 Å². The van der Waals surface area contributed by atoms with Gasteiger partial charge in [-0.3, -0.25) is 4.79 Å². The van der Waals surface area contributed by atoms with E-state index in [1.807, 2.05) is 6.07 Å². The number of benzene rings is 1. The lowest BCUT2D eigenvalue weighted by atomic mass is 10.2. The number of anilines is 3. The van der Waals surface area contributed by atoms with Crippen LogP contribution in [-0.4, -0.2) is 17.7 Å². The fourth-order valence-corrected chi connectivity index (χ4v) is 1.87. The third kappa shape index (κ3) is 2.16. The highest BCUT2D eigenvalue weighted by atomic mass is 16.7. The van der Waals surface area contributed by atoms with Gasteiger partial charge in [-0.05, 0) is 18.2 Å². The van der Waals surface area contributed by atoms with E-state index in [2.05, 4.69) is 10.3 Å². The summed E-state index contributed by atoms with van der Waals surface area (Å²) >= 11 is 0. The fraction of sp³-hybridized carbons (Fsp3) is 0.0769. The van der Waals surface area contributed by atoms with Gasteiger partial charge in [0.2, 0.25) is 6.79 Å². The molecular formula is C13H12N4O3. The number of ether oxygens (including phenoxy) is 2. The molecule has 7 nitrogen and oxygen atoms in total. The van der Waals surface area contributed by atoms with Gasteiger partial charge in [-0.1, -0.05) is 0 Å². The SMILES string of the molecule is NC(=O)c1cc(Nc2ccc3c(c2)OCO3)ncc1N. The van der Waals surface area contributed by atoms with Crippen LogP contribution in [0.1, 0.15) is 10.4 Å².